The number of nitrogens with one attached hydrogen (secondary N) is 3. The summed E-state index contributed by atoms with van der Waals surface area (Å²) >= 11 is 0. The number of likely N-dealkylation sites (tertiary alicyclic amines) is 1. The van der Waals surface area contributed by atoms with Gasteiger partial charge in [-0.2, -0.15) is 0 Å². The average molecular weight is 567 g/mol. The number of fused-ring (bicyclic) bond motifs is 1. The quantitative estimate of drug-likeness (QED) is 0.243. The van der Waals surface area contributed by atoms with Gasteiger partial charge in [0, 0.05) is 20.2 Å². The Morgan fingerprint density at radius 3 is 2.17 bits per heavy atom. The van der Waals surface area contributed by atoms with Gasteiger partial charge in [0.05, 0.1) is 12.6 Å². The Bertz CT molecular complexity index is 966. The van der Waals surface area contributed by atoms with Gasteiger partial charge < -0.3 is 30.3 Å². The minimum Gasteiger partial charge on any atom is -0.444 e. The summed E-state index contributed by atoms with van der Waals surface area (Å²) in [6, 6.07) is -2.78. The Labute approximate surface area is 238 Å². The second-order valence-corrected chi connectivity index (χ2v) is 13.7. The van der Waals surface area contributed by atoms with Crippen molar-refractivity contribution in [1.82, 2.24) is 20.9 Å². The maximum atomic E-state index is 14.0. The van der Waals surface area contributed by atoms with Crippen LogP contribution in [0, 0.1) is 22.7 Å². The van der Waals surface area contributed by atoms with E-state index in [2.05, 4.69) is 29.8 Å². The highest BCUT2D eigenvalue weighted by Gasteiger charge is 2.70. The van der Waals surface area contributed by atoms with Crippen LogP contribution in [0.3, 0.4) is 0 Å². The number of hydrogen-bond acceptors (Lipinski definition) is 7. The number of methoxy groups -OCH3 is 1. The summed E-state index contributed by atoms with van der Waals surface area (Å²) in [5.41, 5.74) is -1.57. The smallest absolute Gasteiger partial charge is 0.408 e. The minimum atomic E-state index is -1.01. The van der Waals surface area contributed by atoms with Gasteiger partial charge in [-0.1, -0.05) is 54.4 Å². The van der Waals surface area contributed by atoms with Crippen LogP contribution in [-0.4, -0.2) is 85.0 Å². The number of piperidine rings is 1. The number of nitrogens with zero attached hydrogens (tertiary/aromatic N) is 1. The number of carbonyl (C=O) groups excluding carboxylic acids is 5. The summed E-state index contributed by atoms with van der Waals surface area (Å²) in [6.45, 7) is 17.6. The van der Waals surface area contributed by atoms with E-state index in [4.69, 9.17) is 9.47 Å². The maximum absolute atomic E-state index is 14.0. The molecule has 2 unspecified atom stereocenters. The minimum absolute atomic E-state index is 0.101. The van der Waals surface area contributed by atoms with Crippen LogP contribution in [0.2, 0.25) is 0 Å². The molecule has 3 N–H and O–H groups in total. The van der Waals surface area contributed by atoms with Crippen LogP contribution in [-0.2, 0) is 28.7 Å². The van der Waals surface area contributed by atoms with E-state index in [0.717, 1.165) is 6.42 Å². The van der Waals surface area contributed by atoms with Crippen LogP contribution in [0.25, 0.3) is 0 Å². The molecule has 0 aromatic carbocycles. The third-order valence-corrected chi connectivity index (χ3v) is 7.83. The van der Waals surface area contributed by atoms with Crippen molar-refractivity contribution in [3.05, 3.63) is 0 Å². The molecule has 4 amide bonds. The summed E-state index contributed by atoms with van der Waals surface area (Å²) in [6.07, 6.45) is 1.01. The van der Waals surface area contributed by atoms with Gasteiger partial charge in [-0.15, -0.1) is 0 Å². The van der Waals surface area contributed by atoms with E-state index in [1.807, 2.05) is 27.7 Å². The van der Waals surface area contributed by atoms with Gasteiger partial charge in [0.25, 0.3) is 5.91 Å². The summed E-state index contributed by atoms with van der Waals surface area (Å²) in [5, 5.41) is 8.06. The highest BCUT2D eigenvalue weighted by molar-refractivity contribution is 6.38. The predicted octanol–water partition coefficient (Wildman–Crippen LogP) is 2.42. The first-order chi connectivity index (χ1) is 18.4. The van der Waals surface area contributed by atoms with E-state index in [1.165, 1.54) is 12.0 Å². The molecule has 1 aliphatic heterocycles. The number of unbranched alkanes of at least 4 members (excludes halogenated alkanes) is 1. The maximum Gasteiger partial charge on any atom is 0.408 e. The predicted molar refractivity (Wildman–Crippen MR) is 150 cm³/mol. The molecule has 1 saturated carbocycles. The Kier molecular flexibility index (Phi) is 10.8. The molecule has 0 aromatic rings. The Balaban J connectivity index is 2.29. The second-order valence-electron chi connectivity index (χ2n) is 13.7. The van der Waals surface area contributed by atoms with Crippen molar-refractivity contribution in [2.45, 2.75) is 105 Å². The molecule has 0 radical (unpaired) electrons. The normalized spacial score (nSPS) is 22.9. The standard InChI is InChI=1S/C29H50N4O7/c1-11-12-13-18(21(34)24(36)30-14-15-39-10)31-23(35)20-19-17(29(19,8)9)16-33(20)25(37)22(27(2,3)4)32-26(38)40-28(5,6)7/h17-20,22H,11-16H2,1-10H3,(H,30,36)(H,31,35)(H,32,38)/t17-,18?,19-,20-,22?/m0/s1. The third-order valence-electron chi connectivity index (χ3n) is 7.83. The molecule has 0 bridgehead atoms. The zero-order valence-corrected chi connectivity index (χ0v) is 25.9. The molecule has 40 heavy (non-hydrogen) atoms. The number of Topliss-reactive ketones (excluding diaryl/α,β-unsaturated/α-hetero) is 1. The first-order valence-electron chi connectivity index (χ1n) is 14.3. The topological polar surface area (TPSA) is 143 Å². The zero-order valence-electron chi connectivity index (χ0n) is 25.9. The van der Waals surface area contributed by atoms with Gasteiger partial charge in [0.2, 0.25) is 17.6 Å². The fourth-order valence-corrected chi connectivity index (χ4v) is 5.50. The van der Waals surface area contributed by atoms with Crippen LogP contribution >= 0.6 is 0 Å². The molecule has 2 aliphatic rings. The largest absolute Gasteiger partial charge is 0.444 e. The number of ketones is 1. The van der Waals surface area contributed by atoms with Crippen molar-refractivity contribution in [3.8, 4) is 0 Å². The molecule has 228 valence electrons. The van der Waals surface area contributed by atoms with Gasteiger partial charge in [0.1, 0.15) is 17.7 Å². The molecule has 1 saturated heterocycles. The molecule has 0 spiro atoms. The molecule has 11 heteroatoms. The molecule has 11 nitrogen and oxygen atoms in total. The van der Waals surface area contributed by atoms with Crippen LogP contribution in [0.15, 0.2) is 0 Å². The lowest BCUT2D eigenvalue weighted by atomic mass is 9.85. The van der Waals surface area contributed by atoms with E-state index < -0.39 is 52.8 Å². The van der Waals surface area contributed by atoms with Gasteiger partial charge >= 0.3 is 6.09 Å². The van der Waals surface area contributed by atoms with E-state index in [0.29, 0.717) is 19.4 Å². The molecule has 0 aromatic heterocycles. The van der Waals surface area contributed by atoms with Crippen molar-refractivity contribution in [1.29, 1.82) is 0 Å². The summed E-state index contributed by atoms with van der Waals surface area (Å²) in [4.78, 5) is 67.4. The number of carbonyl (C=O) groups is 5. The fourth-order valence-electron chi connectivity index (χ4n) is 5.50. The SMILES string of the molecule is CCCCC(NC(=O)[C@@H]1[C@@H]2[C@H](CN1C(=O)C(NC(=O)OC(C)(C)C)C(C)(C)C)C2(C)C)C(=O)C(=O)NCCOC. The van der Waals surface area contributed by atoms with Gasteiger partial charge in [0.15, 0.2) is 0 Å². The lowest BCUT2D eigenvalue weighted by Gasteiger charge is -2.38. The Hall–Kier alpha value is -2.69. The number of alkyl carbamates (subject to hydrolysis) is 1. The van der Waals surface area contributed by atoms with E-state index in [9.17, 15) is 24.0 Å². The summed E-state index contributed by atoms with van der Waals surface area (Å²) < 4.78 is 10.3. The van der Waals surface area contributed by atoms with Crippen molar-refractivity contribution >= 4 is 29.6 Å². The zero-order chi connectivity index (χ0) is 30.6. The van der Waals surface area contributed by atoms with Crippen molar-refractivity contribution in [2.75, 3.05) is 26.8 Å². The van der Waals surface area contributed by atoms with Crippen LogP contribution < -0.4 is 16.0 Å². The van der Waals surface area contributed by atoms with E-state index in [-0.39, 0.29) is 36.3 Å². The van der Waals surface area contributed by atoms with Crippen LogP contribution in [0.1, 0.15) is 81.6 Å². The monoisotopic (exact) mass is 566 g/mol. The fraction of sp³-hybridized carbons (Fsp3) is 0.828. The van der Waals surface area contributed by atoms with E-state index in [1.54, 1.807) is 20.8 Å². The van der Waals surface area contributed by atoms with Crippen molar-refractivity contribution < 1.29 is 33.4 Å². The first-order valence-corrected chi connectivity index (χ1v) is 14.3. The number of rotatable bonds is 12. The number of hydrogen-bond donors (Lipinski definition) is 3. The highest BCUT2D eigenvalue weighted by atomic mass is 16.6. The van der Waals surface area contributed by atoms with Gasteiger partial charge in [-0.05, 0) is 49.9 Å². The van der Waals surface area contributed by atoms with Crippen LogP contribution in [0.4, 0.5) is 4.79 Å². The van der Waals surface area contributed by atoms with Crippen molar-refractivity contribution in [3.63, 3.8) is 0 Å². The second kappa shape index (κ2) is 12.9. The van der Waals surface area contributed by atoms with Gasteiger partial charge in [-0.3, -0.25) is 19.2 Å². The molecule has 1 aliphatic carbocycles. The lowest BCUT2D eigenvalue weighted by Crippen LogP contribution is -2.60. The summed E-state index contributed by atoms with van der Waals surface area (Å²) in [7, 11) is 1.49. The first kappa shape index (κ1) is 33.5. The summed E-state index contributed by atoms with van der Waals surface area (Å²) in [5.74, 6) is -2.34. The number of amides is 4. The highest BCUT2D eigenvalue weighted by Crippen LogP contribution is 2.65. The molecular formula is C29H50N4O7. The Morgan fingerprint density at radius 1 is 1.02 bits per heavy atom. The average Bonchev–Trinajstić information content (AvgIpc) is 3.15. The molecule has 2 fully saturated rings. The molecule has 5 atom stereocenters. The lowest BCUT2D eigenvalue weighted by molar-refractivity contribution is -0.145. The van der Waals surface area contributed by atoms with Gasteiger partial charge in [-0.25, -0.2) is 4.79 Å². The third kappa shape index (κ3) is 8.17. The van der Waals surface area contributed by atoms with E-state index >= 15 is 0 Å². The molecular weight excluding hydrogens is 516 g/mol. The number of ether oxygens (including phenoxy) is 2. The Morgan fingerprint density at radius 2 is 1.65 bits per heavy atom. The molecule has 1 heterocycles. The molecule has 2 rings (SSSR count). The van der Waals surface area contributed by atoms with Crippen molar-refractivity contribution in [2.24, 2.45) is 22.7 Å². The van der Waals surface area contributed by atoms with Crippen LogP contribution in [0.5, 0.6) is 0 Å².